The fourth-order valence-corrected chi connectivity index (χ4v) is 2.60. The molecule has 1 fully saturated rings. The monoisotopic (exact) mass is 251 g/mol. The quantitative estimate of drug-likeness (QED) is 0.844. The third-order valence-corrected chi connectivity index (χ3v) is 3.48. The summed E-state index contributed by atoms with van der Waals surface area (Å²) in [5.41, 5.74) is 1.26. The van der Waals surface area contributed by atoms with Gasteiger partial charge in [-0.25, -0.2) is 0 Å². The highest BCUT2D eigenvalue weighted by atomic mass is 16.5. The molecule has 0 saturated carbocycles. The van der Waals surface area contributed by atoms with Crippen molar-refractivity contribution in [1.82, 2.24) is 15.1 Å². The second-order valence-electron chi connectivity index (χ2n) is 4.98. The van der Waals surface area contributed by atoms with Crippen LogP contribution in [-0.2, 0) is 11.3 Å². The molecule has 1 saturated heterocycles. The van der Waals surface area contributed by atoms with Crippen molar-refractivity contribution in [2.75, 3.05) is 13.2 Å². The van der Waals surface area contributed by atoms with Gasteiger partial charge in [-0.15, -0.1) is 0 Å². The lowest BCUT2D eigenvalue weighted by Gasteiger charge is -2.30. The number of nitrogens with zero attached hydrogens (tertiary/aromatic N) is 2. The van der Waals surface area contributed by atoms with Gasteiger partial charge in [0.15, 0.2) is 0 Å². The van der Waals surface area contributed by atoms with Gasteiger partial charge in [-0.3, -0.25) is 4.68 Å². The predicted octanol–water partition coefficient (Wildman–Crippen LogP) is 2.51. The van der Waals surface area contributed by atoms with Crippen molar-refractivity contribution in [3.8, 4) is 0 Å². The maximum atomic E-state index is 5.92. The van der Waals surface area contributed by atoms with E-state index in [1.807, 2.05) is 10.9 Å². The Kier molecular flexibility index (Phi) is 5.20. The highest BCUT2D eigenvalue weighted by Crippen LogP contribution is 2.26. The highest BCUT2D eigenvalue weighted by Gasteiger charge is 2.26. The molecule has 0 spiro atoms. The molecule has 0 amide bonds. The summed E-state index contributed by atoms with van der Waals surface area (Å²) >= 11 is 0. The lowest BCUT2D eigenvalue weighted by Crippen LogP contribution is -2.35. The highest BCUT2D eigenvalue weighted by molar-refractivity contribution is 5.13. The van der Waals surface area contributed by atoms with E-state index in [2.05, 4.69) is 30.5 Å². The Labute approximate surface area is 110 Å². The summed E-state index contributed by atoms with van der Waals surface area (Å²) in [6, 6.07) is 0.293. The van der Waals surface area contributed by atoms with Crippen LogP contribution in [0.4, 0.5) is 0 Å². The van der Waals surface area contributed by atoms with Crippen molar-refractivity contribution < 1.29 is 4.74 Å². The van der Waals surface area contributed by atoms with Crippen LogP contribution in [0.25, 0.3) is 0 Å². The summed E-state index contributed by atoms with van der Waals surface area (Å²) in [5, 5.41) is 7.97. The zero-order valence-electron chi connectivity index (χ0n) is 11.6. The number of hydrogen-bond donors (Lipinski definition) is 1. The second-order valence-corrected chi connectivity index (χ2v) is 4.98. The van der Waals surface area contributed by atoms with Crippen LogP contribution in [0.5, 0.6) is 0 Å². The van der Waals surface area contributed by atoms with Crippen LogP contribution in [-0.4, -0.2) is 29.0 Å². The molecule has 1 aliphatic heterocycles. The van der Waals surface area contributed by atoms with Crippen molar-refractivity contribution >= 4 is 0 Å². The Morgan fingerprint density at radius 3 is 3.06 bits per heavy atom. The van der Waals surface area contributed by atoms with Gasteiger partial charge in [-0.05, 0) is 32.2 Å². The molecule has 0 aromatic carbocycles. The molecule has 2 atom stereocenters. The molecule has 1 aliphatic rings. The number of ether oxygens (including phenoxy) is 1. The predicted molar refractivity (Wildman–Crippen MR) is 72.5 cm³/mol. The van der Waals surface area contributed by atoms with Gasteiger partial charge in [0.25, 0.3) is 0 Å². The summed E-state index contributed by atoms with van der Waals surface area (Å²) in [6.07, 6.45) is 9.19. The van der Waals surface area contributed by atoms with Gasteiger partial charge in [-0.1, -0.05) is 13.8 Å². The topological polar surface area (TPSA) is 39.1 Å². The fourth-order valence-electron chi connectivity index (χ4n) is 2.60. The summed E-state index contributed by atoms with van der Waals surface area (Å²) in [7, 11) is 0. The SMILES string of the molecule is CCCn1cc(C(NCC)C2CCCCO2)cn1. The van der Waals surface area contributed by atoms with E-state index >= 15 is 0 Å². The molecule has 2 heterocycles. The van der Waals surface area contributed by atoms with Crippen molar-refractivity contribution in [1.29, 1.82) is 0 Å². The Bertz CT molecular complexity index is 345. The van der Waals surface area contributed by atoms with Crippen molar-refractivity contribution in [2.24, 2.45) is 0 Å². The first-order valence-corrected chi connectivity index (χ1v) is 7.22. The molecule has 4 heteroatoms. The van der Waals surface area contributed by atoms with Gasteiger partial charge in [0.05, 0.1) is 18.3 Å². The lowest BCUT2D eigenvalue weighted by molar-refractivity contribution is -0.00788. The lowest BCUT2D eigenvalue weighted by atomic mass is 9.98. The zero-order chi connectivity index (χ0) is 12.8. The van der Waals surface area contributed by atoms with E-state index in [0.29, 0.717) is 12.1 Å². The van der Waals surface area contributed by atoms with E-state index in [1.54, 1.807) is 0 Å². The average molecular weight is 251 g/mol. The van der Waals surface area contributed by atoms with Crippen LogP contribution in [0.3, 0.4) is 0 Å². The largest absolute Gasteiger partial charge is 0.376 e. The van der Waals surface area contributed by atoms with Gasteiger partial charge in [0, 0.05) is 24.9 Å². The van der Waals surface area contributed by atoms with Crippen LogP contribution in [0.15, 0.2) is 12.4 Å². The minimum absolute atomic E-state index is 0.293. The molecule has 1 N–H and O–H groups in total. The number of nitrogens with one attached hydrogen (secondary N) is 1. The number of likely N-dealkylation sites (N-methyl/N-ethyl adjacent to an activating group) is 1. The molecular formula is C14H25N3O. The molecule has 1 aromatic rings. The molecule has 2 unspecified atom stereocenters. The minimum Gasteiger partial charge on any atom is -0.376 e. The van der Waals surface area contributed by atoms with E-state index in [-0.39, 0.29) is 0 Å². The van der Waals surface area contributed by atoms with Crippen molar-refractivity contribution in [3.05, 3.63) is 18.0 Å². The third-order valence-electron chi connectivity index (χ3n) is 3.48. The summed E-state index contributed by atoms with van der Waals surface area (Å²) in [5.74, 6) is 0. The molecule has 0 aliphatic carbocycles. The van der Waals surface area contributed by atoms with Gasteiger partial charge in [0.1, 0.15) is 0 Å². The molecule has 0 bridgehead atoms. The number of rotatable bonds is 6. The van der Waals surface area contributed by atoms with Gasteiger partial charge >= 0.3 is 0 Å². The molecule has 2 rings (SSSR count). The first-order valence-electron chi connectivity index (χ1n) is 7.22. The van der Waals surface area contributed by atoms with E-state index in [9.17, 15) is 0 Å². The fraction of sp³-hybridized carbons (Fsp3) is 0.786. The van der Waals surface area contributed by atoms with Crippen LogP contribution in [0.1, 0.15) is 51.1 Å². The number of hydrogen-bond acceptors (Lipinski definition) is 3. The van der Waals surface area contributed by atoms with Crippen molar-refractivity contribution in [2.45, 2.75) is 58.2 Å². The summed E-state index contributed by atoms with van der Waals surface area (Å²) in [4.78, 5) is 0. The van der Waals surface area contributed by atoms with Gasteiger partial charge in [-0.2, -0.15) is 5.10 Å². The Morgan fingerprint density at radius 1 is 1.50 bits per heavy atom. The molecule has 1 aromatic heterocycles. The molecular weight excluding hydrogens is 226 g/mol. The first-order chi connectivity index (χ1) is 8.85. The Hall–Kier alpha value is -0.870. The van der Waals surface area contributed by atoms with E-state index in [4.69, 9.17) is 4.74 Å². The second kappa shape index (κ2) is 6.90. The Morgan fingerprint density at radius 2 is 2.39 bits per heavy atom. The maximum absolute atomic E-state index is 5.92. The summed E-state index contributed by atoms with van der Waals surface area (Å²) < 4.78 is 7.95. The summed E-state index contributed by atoms with van der Waals surface area (Å²) in [6.45, 7) is 7.17. The zero-order valence-corrected chi connectivity index (χ0v) is 11.6. The van der Waals surface area contributed by atoms with E-state index in [0.717, 1.165) is 32.5 Å². The normalized spacial score (nSPS) is 22.0. The molecule has 0 radical (unpaired) electrons. The minimum atomic E-state index is 0.293. The van der Waals surface area contributed by atoms with Crippen LogP contribution >= 0.6 is 0 Å². The standard InChI is InChI=1S/C14H25N3O/c1-3-8-17-11-12(10-16-17)14(15-4-2)13-7-5-6-9-18-13/h10-11,13-15H,3-9H2,1-2H3. The third kappa shape index (κ3) is 3.33. The van der Waals surface area contributed by atoms with Gasteiger partial charge < -0.3 is 10.1 Å². The van der Waals surface area contributed by atoms with E-state index in [1.165, 1.54) is 18.4 Å². The smallest absolute Gasteiger partial charge is 0.0770 e. The van der Waals surface area contributed by atoms with Gasteiger partial charge in [0.2, 0.25) is 0 Å². The van der Waals surface area contributed by atoms with Crippen molar-refractivity contribution in [3.63, 3.8) is 0 Å². The van der Waals surface area contributed by atoms with E-state index < -0.39 is 0 Å². The van der Waals surface area contributed by atoms with Crippen LogP contribution in [0.2, 0.25) is 0 Å². The van der Waals surface area contributed by atoms with Crippen LogP contribution in [0, 0.1) is 0 Å². The number of aromatic nitrogens is 2. The first kappa shape index (κ1) is 13.6. The molecule has 102 valence electrons. The Balaban J connectivity index is 2.06. The molecule has 18 heavy (non-hydrogen) atoms. The molecule has 4 nitrogen and oxygen atoms in total. The van der Waals surface area contributed by atoms with Crippen LogP contribution < -0.4 is 5.32 Å². The number of aryl methyl sites for hydroxylation is 1. The average Bonchev–Trinajstić information content (AvgIpc) is 2.86. The maximum Gasteiger partial charge on any atom is 0.0770 e.